The minimum Gasteiger partial charge on any atom is -0.405 e. The predicted octanol–water partition coefficient (Wildman–Crippen LogP) is 12.3. The SMILES string of the molecule is C=C.C=C.C=CN.CCC.CCCCCCCCc1ccc(-c2ccc(C(CC)CNNc3cc(C)ccn3)cc2)c2ccccc12. The molecule has 4 nitrogen and oxygen atoms in total. The van der Waals surface area contributed by atoms with Crippen LogP contribution in [0.3, 0.4) is 0 Å². The average molecular weight is 637 g/mol. The summed E-state index contributed by atoms with van der Waals surface area (Å²) in [4.78, 5) is 4.37. The van der Waals surface area contributed by atoms with Crippen molar-refractivity contribution in [3.63, 3.8) is 0 Å². The number of hydrazine groups is 1. The number of pyridine rings is 1. The minimum atomic E-state index is 0.433. The van der Waals surface area contributed by atoms with Crippen molar-refractivity contribution in [1.29, 1.82) is 0 Å². The maximum absolute atomic E-state index is 4.61. The lowest BCUT2D eigenvalue weighted by Gasteiger charge is -2.18. The Morgan fingerprint density at radius 2 is 1.38 bits per heavy atom. The zero-order valence-electron chi connectivity index (χ0n) is 30.3. The summed E-state index contributed by atoms with van der Waals surface area (Å²) < 4.78 is 0. The summed E-state index contributed by atoms with van der Waals surface area (Å²) >= 11 is 0. The van der Waals surface area contributed by atoms with E-state index in [0.717, 1.165) is 18.8 Å². The van der Waals surface area contributed by atoms with Crippen molar-refractivity contribution in [3.8, 4) is 11.1 Å². The molecule has 0 saturated carbocycles. The highest BCUT2D eigenvalue weighted by atomic mass is 15.4. The molecule has 4 N–H and O–H groups in total. The van der Waals surface area contributed by atoms with Crippen molar-refractivity contribution >= 4 is 16.6 Å². The molecule has 0 aliphatic carbocycles. The molecule has 1 atom stereocenters. The van der Waals surface area contributed by atoms with Gasteiger partial charge in [0.1, 0.15) is 5.82 Å². The molecule has 0 amide bonds. The molecule has 3 aromatic carbocycles. The number of fused-ring (bicyclic) bond motifs is 1. The fraction of sp³-hybridized carbons (Fsp3) is 0.372. The van der Waals surface area contributed by atoms with Crippen LogP contribution in [0.25, 0.3) is 21.9 Å². The first-order chi connectivity index (χ1) is 23.0. The topological polar surface area (TPSA) is 63.0 Å². The van der Waals surface area contributed by atoms with E-state index in [0.29, 0.717) is 5.92 Å². The molecule has 0 spiro atoms. The number of unbranched alkanes of at least 4 members (excludes halogenated alkanes) is 5. The molecule has 1 heterocycles. The van der Waals surface area contributed by atoms with E-state index < -0.39 is 0 Å². The maximum Gasteiger partial charge on any atom is 0.140 e. The van der Waals surface area contributed by atoms with Crippen LogP contribution in [0.4, 0.5) is 5.82 Å². The molecule has 256 valence electrons. The van der Waals surface area contributed by atoms with E-state index in [-0.39, 0.29) is 0 Å². The van der Waals surface area contributed by atoms with Crippen LogP contribution in [0.5, 0.6) is 0 Å². The van der Waals surface area contributed by atoms with Gasteiger partial charge in [0.25, 0.3) is 0 Å². The lowest BCUT2D eigenvalue weighted by atomic mass is 9.90. The summed E-state index contributed by atoms with van der Waals surface area (Å²) in [6.45, 7) is 26.8. The number of nitrogens with zero attached hydrogens (tertiary/aromatic N) is 1. The number of aryl methyl sites for hydroxylation is 2. The molecule has 1 aromatic heterocycles. The molecular weight excluding hydrogens is 573 g/mol. The third-order valence-corrected chi connectivity index (χ3v) is 7.48. The second kappa shape index (κ2) is 28.1. The predicted molar refractivity (Wildman–Crippen MR) is 213 cm³/mol. The first-order valence-electron chi connectivity index (χ1n) is 17.4. The van der Waals surface area contributed by atoms with Crippen molar-refractivity contribution < 1.29 is 0 Å². The lowest BCUT2D eigenvalue weighted by Crippen LogP contribution is -2.27. The second-order valence-corrected chi connectivity index (χ2v) is 11.2. The Balaban J connectivity index is 0.00000190. The molecule has 0 fully saturated rings. The number of anilines is 1. The molecule has 4 rings (SSSR count). The highest BCUT2D eigenvalue weighted by Crippen LogP contribution is 2.33. The summed E-state index contributed by atoms with van der Waals surface area (Å²) in [5, 5.41) is 2.77. The van der Waals surface area contributed by atoms with Crippen molar-refractivity contribution in [2.24, 2.45) is 5.73 Å². The molecule has 0 saturated heterocycles. The first kappa shape index (κ1) is 42.9. The van der Waals surface area contributed by atoms with E-state index in [4.69, 9.17) is 0 Å². The summed E-state index contributed by atoms with van der Waals surface area (Å²) in [6.07, 6.45) is 14.6. The summed E-state index contributed by atoms with van der Waals surface area (Å²) in [5.74, 6) is 1.29. The van der Waals surface area contributed by atoms with Gasteiger partial charge in [-0.25, -0.2) is 10.4 Å². The molecule has 1 unspecified atom stereocenters. The Morgan fingerprint density at radius 3 is 1.98 bits per heavy atom. The van der Waals surface area contributed by atoms with Crippen molar-refractivity contribution in [1.82, 2.24) is 10.4 Å². The van der Waals surface area contributed by atoms with Gasteiger partial charge in [-0.3, -0.25) is 0 Å². The Bertz CT molecular complexity index is 1340. The Labute approximate surface area is 288 Å². The van der Waals surface area contributed by atoms with Gasteiger partial charge in [-0.2, -0.15) is 0 Å². The molecule has 47 heavy (non-hydrogen) atoms. The average Bonchev–Trinajstić information content (AvgIpc) is 3.11. The van der Waals surface area contributed by atoms with Gasteiger partial charge in [0.05, 0.1) is 0 Å². The van der Waals surface area contributed by atoms with Crippen molar-refractivity contribution in [3.05, 3.63) is 135 Å². The monoisotopic (exact) mass is 637 g/mol. The van der Waals surface area contributed by atoms with E-state index >= 15 is 0 Å². The zero-order valence-corrected chi connectivity index (χ0v) is 30.3. The van der Waals surface area contributed by atoms with Crippen LogP contribution in [-0.2, 0) is 6.42 Å². The summed E-state index contributed by atoms with van der Waals surface area (Å²) in [7, 11) is 0. The Kier molecular flexibility index (Phi) is 25.6. The third-order valence-electron chi connectivity index (χ3n) is 7.48. The fourth-order valence-electron chi connectivity index (χ4n) is 5.23. The Morgan fingerprint density at radius 1 is 0.787 bits per heavy atom. The van der Waals surface area contributed by atoms with Crippen LogP contribution in [0, 0.1) is 6.92 Å². The summed E-state index contributed by atoms with van der Waals surface area (Å²) in [6, 6.07) is 26.9. The van der Waals surface area contributed by atoms with Crippen LogP contribution >= 0.6 is 0 Å². The van der Waals surface area contributed by atoms with Crippen molar-refractivity contribution in [2.45, 2.75) is 98.3 Å². The van der Waals surface area contributed by atoms with E-state index in [2.05, 4.69) is 150 Å². The van der Waals surface area contributed by atoms with Crippen molar-refractivity contribution in [2.75, 3.05) is 12.0 Å². The van der Waals surface area contributed by atoms with Crippen LogP contribution in [0.2, 0.25) is 0 Å². The van der Waals surface area contributed by atoms with E-state index in [9.17, 15) is 0 Å². The lowest BCUT2D eigenvalue weighted by molar-refractivity contribution is 0.607. The minimum absolute atomic E-state index is 0.433. The van der Waals surface area contributed by atoms with Crippen LogP contribution in [0.15, 0.2) is 118 Å². The molecular formula is C43H64N4. The van der Waals surface area contributed by atoms with E-state index in [1.165, 1.54) is 96.2 Å². The van der Waals surface area contributed by atoms with Gasteiger partial charge in [0.15, 0.2) is 0 Å². The van der Waals surface area contributed by atoms with Crippen LogP contribution < -0.4 is 16.6 Å². The highest BCUT2D eigenvalue weighted by Gasteiger charge is 2.12. The first-order valence-corrected chi connectivity index (χ1v) is 17.4. The highest BCUT2D eigenvalue weighted by molar-refractivity contribution is 5.98. The molecule has 4 aromatic rings. The molecule has 4 heteroatoms. The standard InChI is InChI=1S/C34H43N3.C3H8.C2H5N.2C2H4/c1-4-6-7-8-9-10-13-29-20-21-32(33-15-12-11-14-31(29)33)30-18-16-28(17-19-30)27(5-2)25-36-37-34-24-26(3)22-23-35-34;1-3-2;1-2-3;2*1-2/h11-12,14-24,27,36H,4-10,13,25H2,1-3H3,(H,35,37);3H2,1-2H3;2H,1,3H2;2*1-2H2. The number of nitrogens with two attached hydrogens (primary N) is 1. The molecule has 0 aliphatic rings. The third kappa shape index (κ3) is 16.3. The van der Waals surface area contributed by atoms with Gasteiger partial charge >= 0.3 is 0 Å². The largest absolute Gasteiger partial charge is 0.405 e. The number of aromatic nitrogens is 1. The fourth-order valence-corrected chi connectivity index (χ4v) is 5.23. The quantitative estimate of drug-likeness (QED) is 0.0732. The van der Waals surface area contributed by atoms with Gasteiger partial charge < -0.3 is 11.2 Å². The van der Waals surface area contributed by atoms with Gasteiger partial charge in [-0.05, 0) is 89.0 Å². The van der Waals surface area contributed by atoms with Crippen LogP contribution in [0.1, 0.15) is 102 Å². The second-order valence-electron chi connectivity index (χ2n) is 11.2. The number of benzene rings is 3. The van der Waals surface area contributed by atoms with Gasteiger partial charge in [-0.1, -0.05) is 133 Å². The normalized spacial score (nSPS) is 10.3. The van der Waals surface area contributed by atoms with Gasteiger partial charge in [-0.15, -0.1) is 26.3 Å². The van der Waals surface area contributed by atoms with Gasteiger partial charge in [0.2, 0.25) is 0 Å². The molecule has 0 radical (unpaired) electrons. The van der Waals surface area contributed by atoms with Crippen LogP contribution in [-0.4, -0.2) is 11.5 Å². The Hall–Kier alpha value is -4.15. The van der Waals surface area contributed by atoms with E-state index in [1.54, 1.807) is 0 Å². The van der Waals surface area contributed by atoms with Gasteiger partial charge in [0, 0.05) is 12.7 Å². The van der Waals surface area contributed by atoms with E-state index in [1.807, 2.05) is 18.3 Å². The number of nitrogens with one attached hydrogen (secondary N) is 2. The smallest absolute Gasteiger partial charge is 0.140 e. The maximum atomic E-state index is 4.61. The summed E-state index contributed by atoms with van der Waals surface area (Å²) in [5.41, 5.74) is 17.9. The zero-order chi connectivity index (χ0) is 35.3. The molecule has 0 bridgehead atoms. The molecule has 0 aliphatic heterocycles. The number of rotatable bonds is 14. The number of hydrogen-bond acceptors (Lipinski definition) is 4. The number of hydrogen-bond donors (Lipinski definition) is 3.